The van der Waals surface area contributed by atoms with E-state index in [1.807, 2.05) is 7.05 Å². The van der Waals surface area contributed by atoms with Crippen LogP contribution in [0.15, 0.2) is 18.2 Å². The van der Waals surface area contributed by atoms with Crippen LogP contribution in [0.4, 0.5) is 0 Å². The van der Waals surface area contributed by atoms with Gasteiger partial charge in [-0.1, -0.05) is 23.8 Å². The molecule has 0 radical (unpaired) electrons. The lowest BCUT2D eigenvalue weighted by Gasteiger charge is -2.10. The molecule has 74 valence electrons. The highest BCUT2D eigenvalue weighted by molar-refractivity contribution is 5.30. The van der Waals surface area contributed by atoms with Crippen LogP contribution in [0.5, 0.6) is 0 Å². The van der Waals surface area contributed by atoms with E-state index < -0.39 is 0 Å². The largest absolute Gasteiger partial charge is 0.313 e. The number of nitrogens with zero attached hydrogens (tertiary/aromatic N) is 2. The summed E-state index contributed by atoms with van der Waals surface area (Å²) in [7, 11) is 1.81. The van der Waals surface area contributed by atoms with Crippen molar-refractivity contribution in [2.24, 2.45) is 0 Å². The Labute approximate surface area is 85.8 Å². The Morgan fingerprint density at radius 1 is 1.36 bits per heavy atom. The van der Waals surface area contributed by atoms with Gasteiger partial charge in [0.25, 0.3) is 0 Å². The molecule has 0 heterocycles. The molecule has 1 aromatic carbocycles. The van der Waals surface area contributed by atoms with Crippen molar-refractivity contribution in [3.8, 4) is 6.19 Å². The average molecular weight is 188 g/mol. The zero-order valence-electron chi connectivity index (χ0n) is 9.04. The van der Waals surface area contributed by atoms with Crippen LogP contribution in [-0.4, -0.2) is 18.5 Å². The topological polar surface area (TPSA) is 27.0 Å². The number of likely N-dealkylation sites (N-methyl/N-ethyl adjacent to an activating group) is 1. The van der Waals surface area contributed by atoms with Crippen molar-refractivity contribution >= 4 is 0 Å². The number of aryl methyl sites for hydroxylation is 2. The second-order valence-electron chi connectivity index (χ2n) is 3.70. The number of hydrogen-bond acceptors (Lipinski definition) is 2. The highest BCUT2D eigenvalue weighted by atomic mass is 15.1. The molecule has 0 saturated carbocycles. The van der Waals surface area contributed by atoms with Crippen molar-refractivity contribution < 1.29 is 0 Å². The van der Waals surface area contributed by atoms with Gasteiger partial charge < -0.3 is 4.90 Å². The van der Waals surface area contributed by atoms with Crippen LogP contribution in [0.2, 0.25) is 0 Å². The third-order valence-corrected chi connectivity index (χ3v) is 2.39. The molecule has 1 aromatic rings. The van der Waals surface area contributed by atoms with Crippen LogP contribution < -0.4 is 0 Å². The van der Waals surface area contributed by atoms with E-state index in [0.717, 1.165) is 13.0 Å². The molecule has 0 fully saturated rings. The van der Waals surface area contributed by atoms with Gasteiger partial charge in [0.1, 0.15) is 0 Å². The molecule has 0 bridgehead atoms. The molecule has 0 spiro atoms. The molecule has 1 rings (SSSR count). The van der Waals surface area contributed by atoms with Gasteiger partial charge in [-0.2, -0.15) is 5.26 Å². The Balaban J connectivity index is 2.64. The molecule has 2 nitrogen and oxygen atoms in total. The Morgan fingerprint density at radius 3 is 2.64 bits per heavy atom. The Bertz CT molecular complexity index is 350. The number of nitriles is 1. The quantitative estimate of drug-likeness (QED) is 0.537. The van der Waals surface area contributed by atoms with Gasteiger partial charge >= 0.3 is 0 Å². The lowest BCUT2D eigenvalue weighted by Crippen LogP contribution is -2.15. The Hall–Kier alpha value is -1.49. The summed E-state index contributed by atoms with van der Waals surface area (Å²) in [6.45, 7) is 5.01. The second kappa shape index (κ2) is 4.66. The maximum atomic E-state index is 8.60. The fourth-order valence-electron chi connectivity index (χ4n) is 1.46. The summed E-state index contributed by atoms with van der Waals surface area (Å²) in [6, 6.07) is 6.45. The van der Waals surface area contributed by atoms with E-state index in [9.17, 15) is 0 Å². The smallest absolute Gasteiger partial charge is 0.179 e. The minimum atomic E-state index is 0.792. The van der Waals surface area contributed by atoms with Gasteiger partial charge in [-0.25, -0.2) is 0 Å². The van der Waals surface area contributed by atoms with Crippen molar-refractivity contribution in [1.82, 2.24) is 4.90 Å². The predicted octanol–water partition coefficient (Wildman–Crippen LogP) is 2.26. The predicted molar refractivity (Wildman–Crippen MR) is 57.9 cm³/mol. The first-order chi connectivity index (χ1) is 6.63. The molecule has 0 aliphatic carbocycles. The highest BCUT2D eigenvalue weighted by Crippen LogP contribution is 2.11. The maximum Gasteiger partial charge on any atom is 0.179 e. The van der Waals surface area contributed by atoms with E-state index in [-0.39, 0.29) is 0 Å². The third kappa shape index (κ3) is 2.77. The summed E-state index contributed by atoms with van der Waals surface area (Å²) in [5, 5.41) is 8.60. The van der Waals surface area contributed by atoms with Crippen molar-refractivity contribution in [3.63, 3.8) is 0 Å². The fraction of sp³-hybridized carbons (Fsp3) is 0.417. The Morgan fingerprint density at radius 2 is 2.07 bits per heavy atom. The zero-order chi connectivity index (χ0) is 10.6. The lowest BCUT2D eigenvalue weighted by molar-refractivity contribution is 0.478. The summed E-state index contributed by atoms with van der Waals surface area (Å²) in [6.07, 6.45) is 3.04. The van der Waals surface area contributed by atoms with E-state index in [2.05, 4.69) is 38.2 Å². The van der Waals surface area contributed by atoms with Crippen molar-refractivity contribution in [2.45, 2.75) is 20.3 Å². The minimum absolute atomic E-state index is 0.792. The molecule has 0 unspecified atom stereocenters. The van der Waals surface area contributed by atoms with Gasteiger partial charge in [-0.3, -0.25) is 0 Å². The molecule has 14 heavy (non-hydrogen) atoms. The van der Waals surface area contributed by atoms with Crippen LogP contribution in [0, 0.1) is 25.3 Å². The summed E-state index contributed by atoms with van der Waals surface area (Å²) < 4.78 is 0. The standard InChI is InChI=1S/C12H16N2/c1-10-4-5-12(11(2)8-10)6-7-14(3)9-13/h4-5,8H,6-7H2,1-3H3. The van der Waals surface area contributed by atoms with Crippen LogP contribution in [0.25, 0.3) is 0 Å². The van der Waals surface area contributed by atoms with Gasteiger partial charge in [-0.15, -0.1) is 0 Å². The average Bonchev–Trinajstić information content (AvgIpc) is 2.16. The van der Waals surface area contributed by atoms with Gasteiger partial charge in [0.2, 0.25) is 0 Å². The van der Waals surface area contributed by atoms with Crippen LogP contribution in [0.3, 0.4) is 0 Å². The summed E-state index contributed by atoms with van der Waals surface area (Å²) in [5.74, 6) is 0. The van der Waals surface area contributed by atoms with E-state index >= 15 is 0 Å². The van der Waals surface area contributed by atoms with Gasteiger partial charge in [-0.05, 0) is 31.4 Å². The summed E-state index contributed by atoms with van der Waals surface area (Å²) in [5.41, 5.74) is 3.94. The van der Waals surface area contributed by atoms with Crippen LogP contribution >= 0.6 is 0 Å². The van der Waals surface area contributed by atoms with Gasteiger partial charge in [0, 0.05) is 13.6 Å². The number of hydrogen-bond donors (Lipinski definition) is 0. The van der Waals surface area contributed by atoms with Crippen LogP contribution in [-0.2, 0) is 6.42 Å². The first-order valence-electron chi connectivity index (χ1n) is 4.80. The molecule has 0 saturated heterocycles. The van der Waals surface area contributed by atoms with Crippen molar-refractivity contribution in [3.05, 3.63) is 34.9 Å². The van der Waals surface area contributed by atoms with Gasteiger partial charge in [0.05, 0.1) is 0 Å². The van der Waals surface area contributed by atoms with Crippen molar-refractivity contribution in [1.29, 1.82) is 5.26 Å². The molecular weight excluding hydrogens is 172 g/mol. The third-order valence-electron chi connectivity index (χ3n) is 2.39. The fourth-order valence-corrected chi connectivity index (χ4v) is 1.46. The molecular formula is C12H16N2. The number of benzene rings is 1. The molecule has 0 atom stereocenters. The number of rotatable bonds is 3. The molecule has 2 heteroatoms. The van der Waals surface area contributed by atoms with E-state index in [1.54, 1.807) is 4.90 Å². The first kappa shape index (κ1) is 10.6. The van der Waals surface area contributed by atoms with E-state index in [1.165, 1.54) is 16.7 Å². The summed E-state index contributed by atoms with van der Waals surface area (Å²) >= 11 is 0. The lowest BCUT2D eigenvalue weighted by atomic mass is 10.0. The van der Waals surface area contributed by atoms with Gasteiger partial charge in [0.15, 0.2) is 6.19 Å². The van der Waals surface area contributed by atoms with Crippen LogP contribution in [0.1, 0.15) is 16.7 Å². The second-order valence-corrected chi connectivity index (χ2v) is 3.70. The van der Waals surface area contributed by atoms with E-state index in [4.69, 9.17) is 5.26 Å². The molecule has 0 amide bonds. The Kier molecular flexibility index (Phi) is 3.53. The molecule has 0 aliphatic rings. The SMILES string of the molecule is Cc1ccc(CCN(C)C#N)c(C)c1. The molecule has 0 aliphatic heterocycles. The zero-order valence-corrected chi connectivity index (χ0v) is 9.04. The normalized spacial score (nSPS) is 9.57. The maximum absolute atomic E-state index is 8.60. The minimum Gasteiger partial charge on any atom is -0.313 e. The summed E-state index contributed by atoms with van der Waals surface area (Å²) in [4.78, 5) is 1.65. The molecule has 0 N–H and O–H groups in total. The first-order valence-corrected chi connectivity index (χ1v) is 4.80. The monoisotopic (exact) mass is 188 g/mol. The highest BCUT2D eigenvalue weighted by Gasteiger charge is 2.00. The van der Waals surface area contributed by atoms with Crippen molar-refractivity contribution in [2.75, 3.05) is 13.6 Å². The van der Waals surface area contributed by atoms with E-state index in [0.29, 0.717) is 0 Å². The molecule has 0 aromatic heterocycles.